The van der Waals surface area contributed by atoms with E-state index in [-0.39, 0.29) is 5.75 Å². The predicted octanol–water partition coefficient (Wildman–Crippen LogP) is 5.07. The van der Waals surface area contributed by atoms with Crippen LogP contribution in [0.2, 0.25) is 0 Å². The monoisotopic (exact) mass is 382 g/mol. The first kappa shape index (κ1) is 19.5. The largest absolute Gasteiger partial charge is 0.490 e. The summed E-state index contributed by atoms with van der Waals surface area (Å²) in [7, 11) is 0. The Hall–Kier alpha value is -1.87. The Labute approximate surface area is 143 Å². The number of rotatable bonds is 5. The minimum atomic E-state index is -5.91. The number of aliphatic hydroxyl groups is 1. The fourth-order valence-electron chi connectivity index (χ4n) is 1.74. The van der Waals surface area contributed by atoms with Crippen molar-refractivity contribution in [2.24, 2.45) is 0 Å². The summed E-state index contributed by atoms with van der Waals surface area (Å²) >= 11 is 1.36. The summed E-state index contributed by atoms with van der Waals surface area (Å²) in [5, 5.41) is 9.02. The van der Waals surface area contributed by atoms with Gasteiger partial charge in [-0.05, 0) is 36.4 Å². The van der Waals surface area contributed by atoms with E-state index in [2.05, 4.69) is 4.74 Å². The topological polar surface area (TPSA) is 29.5 Å². The van der Waals surface area contributed by atoms with Crippen LogP contribution in [0.25, 0.3) is 0 Å². The maximum absolute atomic E-state index is 12.6. The van der Waals surface area contributed by atoms with Crippen LogP contribution in [0.1, 0.15) is 0 Å². The summed E-state index contributed by atoms with van der Waals surface area (Å²) in [4.78, 5) is 1.64. The zero-order valence-corrected chi connectivity index (χ0v) is 13.3. The van der Waals surface area contributed by atoms with Crippen molar-refractivity contribution in [1.82, 2.24) is 0 Å². The van der Waals surface area contributed by atoms with E-state index in [4.69, 9.17) is 5.11 Å². The summed E-state index contributed by atoms with van der Waals surface area (Å²) in [6.45, 7) is -1.98. The first-order valence-electron chi connectivity index (χ1n) is 6.84. The van der Waals surface area contributed by atoms with Gasteiger partial charge < -0.3 is 9.84 Å². The van der Waals surface area contributed by atoms with Gasteiger partial charge in [-0.3, -0.25) is 0 Å². The number of alkyl halides is 6. The summed E-state index contributed by atoms with van der Waals surface area (Å²) in [6, 6.07) is 14.6. The maximum Gasteiger partial charge on any atom is 0.429 e. The minimum absolute atomic E-state index is 0.218. The van der Waals surface area contributed by atoms with Crippen LogP contribution >= 0.6 is 11.8 Å². The van der Waals surface area contributed by atoms with Gasteiger partial charge in [0.25, 0.3) is 5.60 Å². The van der Waals surface area contributed by atoms with Crippen LogP contribution in [-0.2, 0) is 0 Å². The molecule has 0 unspecified atom stereocenters. The highest BCUT2D eigenvalue weighted by atomic mass is 32.2. The Balaban J connectivity index is 2.06. The lowest BCUT2D eigenvalue weighted by Crippen LogP contribution is -2.60. The molecule has 0 spiro atoms. The van der Waals surface area contributed by atoms with Gasteiger partial charge >= 0.3 is 12.4 Å². The third-order valence-corrected chi connectivity index (χ3v) is 4.20. The van der Waals surface area contributed by atoms with Crippen molar-refractivity contribution >= 4 is 11.8 Å². The van der Waals surface area contributed by atoms with Gasteiger partial charge in [0.05, 0.1) is 0 Å². The van der Waals surface area contributed by atoms with Crippen molar-refractivity contribution in [3.05, 3.63) is 54.6 Å². The van der Waals surface area contributed by atoms with Crippen molar-refractivity contribution in [2.45, 2.75) is 27.7 Å². The van der Waals surface area contributed by atoms with Crippen molar-refractivity contribution < 1.29 is 36.2 Å². The second kappa shape index (κ2) is 7.17. The number of ether oxygens (including phenoxy) is 1. The molecule has 2 aromatic carbocycles. The second-order valence-electron chi connectivity index (χ2n) is 5.03. The van der Waals surface area contributed by atoms with E-state index in [1.807, 2.05) is 30.3 Å². The first-order chi connectivity index (χ1) is 11.5. The molecule has 0 radical (unpaired) electrons. The number of hydrogen-bond acceptors (Lipinski definition) is 3. The van der Waals surface area contributed by atoms with Gasteiger partial charge in [-0.1, -0.05) is 30.0 Å². The molecule has 2 nitrogen and oxygen atoms in total. The molecule has 2 rings (SSSR count). The molecule has 136 valence electrons. The van der Waals surface area contributed by atoms with Crippen LogP contribution in [0.3, 0.4) is 0 Å². The third kappa shape index (κ3) is 4.60. The van der Waals surface area contributed by atoms with Gasteiger partial charge in [0, 0.05) is 9.79 Å². The molecule has 0 aliphatic heterocycles. The third-order valence-electron chi connectivity index (χ3n) is 3.19. The Kier molecular flexibility index (Phi) is 5.58. The first-order valence-corrected chi connectivity index (χ1v) is 7.66. The Morgan fingerprint density at radius 2 is 1.24 bits per heavy atom. The van der Waals surface area contributed by atoms with Gasteiger partial charge in [-0.2, -0.15) is 26.3 Å². The average Bonchev–Trinajstić information content (AvgIpc) is 2.53. The fourth-order valence-corrected chi connectivity index (χ4v) is 2.58. The molecule has 0 saturated heterocycles. The number of benzene rings is 2. The molecule has 0 bridgehead atoms. The zero-order valence-electron chi connectivity index (χ0n) is 12.4. The second-order valence-corrected chi connectivity index (χ2v) is 6.18. The van der Waals surface area contributed by atoms with Crippen LogP contribution in [-0.4, -0.2) is 29.7 Å². The minimum Gasteiger partial charge on any atom is -0.490 e. The molecular weight excluding hydrogens is 370 g/mol. The quantitative estimate of drug-likeness (QED) is 0.732. The van der Waals surface area contributed by atoms with Crippen LogP contribution in [0.5, 0.6) is 5.75 Å². The molecule has 0 aromatic heterocycles. The summed E-state index contributed by atoms with van der Waals surface area (Å²) in [5.74, 6) is -0.218. The summed E-state index contributed by atoms with van der Waals surface area (Å²) in [6.07, 6.45) is -11.8. The lowest BCUT2D eigenvalue weighted by Gasteiger charge is -2.31. The molecule has 0 aliphatic rings. The Bertz CT molecular complexity index is 669. The molecule has 0 amide bonds. The Morgan fingerprint density at radius 3 is 1.72 bits per heavy atom. The van der Waals surface area contributed by atoms with E-state index >= 15 is 0 Å². The van der Waals surface area contributed by atoms with Crippen LogP contribution in [0, 0.1) is 0 Å². The fraction of sp³-hybridized carbons (Fsp3) is 0.250. The number of hydrogen-bond donors (Lipinski definition) is 1. The number of halogens is 6. The maximum atomic E-state index is 12.6. The zero-order chi connectivity index (χ0) is 18.7. The molecule has 9 heteroatoms. The van der Waals surface area contributed by atoms with Crippen molar-refractivity contribution in [1.29, 1.82) is 0 Å². The molecule has 25 heavy (non-hydrogen) atoms. The van der Waals surface area contributed by atoms with E-state index < -0.39 is 24.6 Å². The van der Waals surface area contributed by atoms with Crippen LogP contribution in [0.4, 0.5) is 26.3 Å². The van der Waals surface area contributed by atoms with Crippen LogP contribution in [0.15, 0.2) is 64.4 Å². The molecule has 1 N–H and O–H groups in total. The van der Waals surface area contributed by atoms with Crippen molar-refractivity contribution in [3.8, 4) is 5.75 Å². The van der Waals surface area contributed by atoms with E-state index in [9.17, 15) is 26.3 Å². The van der Waals surface area contributed by atoms with Gasteiger partial charge in [-0.15, -0.1) is 0 Å². The standard InChI is InChI=1S/C16H12F6O2S/c17-15(18,19)14(23,16(20,21)22)10-24-11-6-8-13(9-7-11)25-12-4-2-1-3-5-12/h1-9,23H,10H2. The summed E-state index contributed by atoms with van der Waals surface area (Å²) < 4.78 is 79.9. The predicted molar refractivity (Wildman–Crippen MR) is 79.6 cm³/mol. The van der Waals surface area contributed by atoms with E-state index in [0.717, 1.165) is 9.79 Å². The average molecular weight is 382 g/mol. The van der Waals surface area contributed by atoms with Gasteiger partial charge in [0.2, 0.25) is 0 Å². The van der Waals surface area contributed by atoms with E-state index in [1.54, 1.807) is 0 Å². The molecule has 0 heterocycles. The smallest absolute Gasteiger partial charge is 0.429 e. The van der Waals surface area contributed by atoms with Gasteiger partial charge in [0.15, 0.2) is 0 Å². The van der Waals surface area contributed by atoms with Crippen molar-refractivity contribution in [3.63, 3.8) is 0 Å². The molecular formula is C16H12F6O2S. The lowest BCUT2D eigenvalue weighted by atomic mass is 10.0. The molecule has 0 atom stereocenters. The van der Waals surface area contributed by atoms with E-state index in [0.29, 0.717) is 0 Å². The highest BCUT2D eigenvalue weighted by Crippen LogP contribution is 2.43. The van der Waals surface area contributed by atoms with Crippen LogP contribution < -0.4 is 4.74 Å². The lowest BCUT2D eigenvalue weighted by molar-refractivity contribution is -0.373. The molecule has 0 fully saturated rings. The van der Waals surface area contributed by atoms with Crippen molar-refractivity contribution in [2.75, 3.05) is 6.61 Å². The van der Waals surface area contributed by atoms with E-state index in [1.165, 1.54) is 36.0 Å². The summed E-state index contributed by atoms with van der Waals surface area (Å²) in [5.41, 5.74) is -4.93. The molecule has 0 saturated carbocycles. The molecule has 0 aliphatic carbocycles. The highest BCUT2D eigenvalue weighted by molar-refractivity contribution is 7.99. The van der Waals surface area contributed by atoms with Gasteiger partial charge in [0.1, 0.15) is 12.4 Å². The molecule has 2 aromatic rings. The normalized spacial score (nSPS) is 12.9. The SMILES string of the molecule is OC(COc1ccc(Sc2ccccc2)cc1)(C(F)(F)F)C(F)(F)F. The highest BCUT2D eigenvalue weighted by Gasteiger charge is 2.71. The Morgan fingerprint density at radius 1 is 0.760 bits per heavy atom. The van der Waals surface area contributed by atoms with Gasteiger partial charge in [-0.25, -0.2) is 0 Å².